The third kappa shape index (κ3) is 3.36. The van der Waals surface area contributed by atoms with E-state index in [1.54, 1.807) is 0 Å². The van der Waals surface area contributed by atoms with E-state index in [0.717, 1.165) is 5.69 Å². The van der Waals surface area contributed by atoms with Gasteiger partial charge in [0.1, 0.15) is 6.61 Å². The van der Waals surface area contributed by atoms with E-state index in [-0.39, 0.29) is 12.4 Å². The Kier molecular flexibility index (Phi) is 4.31. The molecule has 0 aliphatic heterocycles. The molecule has 1 aromatic rings. The summed E-state index contributed by atoms with van der Waals surface area (Å²) < 4.78 is 5.07. The monoisotopic (exact) mass is 207 g/mol. The van der Waals surface area contributed by atoms with Crippen molar-refractivity contribution in [2.24, 2.45) is 0 Å². The van der Waals surface area contributed by atoms with Crippen molar-refractivity contribution < 1.29 is 9.53 Å². The number of nitrogens with zero attached hydrogens (tertiary/aromatic N) is 1. The fourth-order valence-corrected chi connectivity index (χ4v) is 1.22. The van der Waals surface area contributed by atoms with Gasteiger partial charge in [0.2, 0.25) is 0 Å². The fraction of sp³-hybridized carbons (Fsp3) is 0.417. The Morgan fingerprint density at radius 2 is 1.87 bits per heavy atom. The van der Waals surface area contributed by atoms with Gasteiger partial charge < -0.3 is 9.64 Å². The number of carbonyl (C=O) groups is 1. The quantitative estimate of drug-likeness (QED) is 0.691. The topological polar surface area (TPSA) is 29.5 Å². The van der Waals surface area contributed by atoms with Crippen molar-refractivity contribution in [3.63, 3.8) is 0 Å². The van der Waals surface area contributed by atoms with Gasteiger partial charge in [-0.1, -0.05) is 0 Å². The Bertz CT molecular complexity index is 317. The summed E-state index contributed by atoms with van der Waals surface area (Å²) in [7, 11) is 3.94. The van der Waals surface area contributed by atoms with Crippen LogP contribution in [0.3, 0.4) is 0 Å². The minimum atomic E-state index is 0.0298. The maximum absolute atomic E-state index is 11.5. The first-order valence-electron chi connectivity index (χ1n) is 5.03. The van der Waals surface area contributed by atoms with E-state index in [9.17, 15) is 4.79 Å². The molecule has 1 rings (SSSR count). The minimum Gasteiger partial charge on any atom is -0.378 e. The molecule has 0 N–H and O–H groups in total. The zero-order valence-corrected chi connectivity index (χ0v) is 9.49. The van der Waals surface area contributed by atoms with Crippen molar-refractivity contribution in [1.29, 1.82) is 0 Å². The predicted molar refractivity (Wildman–Crippen MR) is 61.6 cm³/mol. The zero-order chi connectivity index (χ0) is 11.3. The molecule has 0 fully saturated rings. The number of hydrogen-bond donors (Lipinski definition) is 0. The molecule has 0 radical (unpaired) electrons. The lowest BCUT2D eigenvalue weighted by molar-refractivity contribution is 0.0783. The van der Waals surface area contributed by atoms with E-state index in [0.29, 0.717) is 12.2 Å². The summed E-state index contributed by atoms with van der Waals surface area (Å²) in [6.07, 6.45) is 0. The number of carbonyl (C=O) groups excluding carboxylic acids is 1. The molecule has 0 aliphatic rings. The standard InChI is InChI=1S/C12H17NO2/c1-4-15-9-12(14)10-5-7-11(8-6-10)13(2)3/h5-8H,4,9H2,1-3H3. The lowest BCUT2D eigenvalue weighted by atomic mass is 10.1. The van der Waals surface area contributed by atoms with Gasteiger partial charge in [-0.3, -0.25) is 4.79 Å². The van der Waals surface area contributed by atoms with Crippen LogP contribution in [0.15, 0.2) is 24.3 Å². The third-order valence-electron chi connectivity index (χ3n) is 2.14. The molecule has 82 valence electrons. The molecule has 0 unspecified atom stereocenters. The average molecular weight is 207 g/mol. The maximum Gasteiger partial charge on any atom is 0.188 e. The van der Waals surface area contributed by atoms with Crippen LogP contribution in [0.5, 0.6) is 0 Å². The molecular weight excluding hydrogens is 190 g/mol. The van der Waals surface area contributed by atoms with Gasteiger partial charge in [0.15, 0.2) is 5.78 Å². The summed E-state index contributed by atoms with van der Waals surface area (Å²) in [6, 6.07) is 7.52. The number of anilines is 1. The van der Waals surface area contributed by atoms with Gasteiger partial charge in [0.25, 0.3) is 0 Å². The Balaban J connectivity index is 2.67. The van der Waals surface area contributed by atoms with Crippen molar-refractivity contribution in [1.82, 2.24) is 0 Å². The maximum atomic E-state index is 11.5. The summed E-state index contributed by atoms with van der Waals surface area (Å²) in [4.78, 5) is 13.5. The number of rotatable bonds is 5. The summed E-state index contributed by atoms with van der Waals surface area (Å²) in [5.41, 5.74) is 1.79. The Hall–Kier alpha value is -1.35. The second-order valence-electron chi connectivity index (χ2n) is 3.50. The van der Waals surface area contributed by atoms with Crippen LogP contribution in [0.25, 0.3) is 0 Å². The van der Waals surface area contributed by atoms with Crippen LogP contribution in [0.4, 0.5) is 5.69 Å². The van der Waals surface area contributed by atoms with Gasteiger partial charge in [-0.15, -0.1) is 0 Å². The average Bonchev–Trinajstić information content (AvgIpc) is 2.26. The molecule has 0 aliphatic carbocycles. The van der Waals surface area contributed by atoms with E-state index < -0.39 is 0 Å². The summed E-state index contributed by atoms with van der Waals surface area (Å²) >= 11 is 0. The van der Waals surface area contributed by atoms with Crippen LogP contribution >= 0.6 is 0 Å². The van der Waals surface area contributed by atoms with Crippen LogP contribution in [0, 0.1) is 0 Å². The second kappa shape index (κ2) is 5.51. The van der Waals surface area contributed by atoms with Crippen LogP contribution in [-0.2, 0) is 4.74 Å². The number of hydrogen-bond acceptors (Lipinski definition) is 3. The van der Waals surface area contributed by atoms with E-state index in [4.69, 9.17) is 4.74 Å². The van der Waals surface area contributed by atoms with Crippen molar-refractivity contribution in [3.05, 3.63) is 29.8 Å². The summed E-state index contributed by atoms with van der Waals surface area (Å²) in [6.45, 7) is 2.61. The van der Waals surface area contributed by atoms with Crippen LogP contribution in [0.2, 0.25) is 0 Å². The Morgan fingerprint density at radius 1 is 1.27 bits per heavy atom. The van der Waals surface area contributed by atoms with Gasteiger partial charge >= 0.3 is 0 Å². The van der Waals surface area contributed by atoms with E-state index in [1.807, 2.05) is 50.2 Å². The molecule has 0 heterocycles. The molecule has 3 nitrogen and oxygen atoms in total. The lowest BCUT2D eigenvalue weighted by Gasteiger charge is -2.12. The normalized spacial score (nSPS) is 10.1. The van der Waals surface area contributed by atoms with Crippen molar-refractivity contribution in [2.75, 3.05) is 32.2 Å². The van der Waals surface area contributed by atoms with Crippen molar-refractivity contribution in [2.45, 2.75) is 6.92 Å². The van der Waals surface area contributed by atoms with Crippen LogP contribution in [-0.4, -0.2) is 33.1 Å². The SMILES string of the molecule is CCOCC(=O)c1ccc(N(C)C)cc1. The molecule has 0 spiro atoms. The minimum absolute atomic E-state index is 0.0298. The van der Waals surface area contributed by atoms with Gasteiger partial charge in [0.05, 0.1) is 0 Å². The van der Waals surface area contributed by atoms with Crippen LogP contribution < -0.4 is 4.90 Å². The number of Topliss-reactive ketones (excluding diaryl/α,β-unsaturated/α-hetero) is 1. The molecule has 0 saturated carbocycles. The largest absolute Gasteiger partial charge is 0.378 e. The highest BCUT2D eigenvalue weighted by Gasteiger charge is 2.05. The first-order valence-corrected chi connectivity index (χ1v) is 5.03. The molecule has 15 heavy (non-hydrogen) atoms. The second-order valence-corrected chi connectivity index (χ2v) is 3.50. The predicted octanol–water partition coefficient (Wildman–Crippen LogP) is 1.97. The molecular formula is C12H17NO2. The van der Waals surface area contributed by atoms with E-state index in [2.05, 4.69) is 0 Å². The molecule has 0 bridgehead atoms. The van der Waals surface area contributed by atoms with Crippen molar-refractivity contribution >= 4 is 11.5 Å². The van der Waals surface area contributed by atoms with Gasteiger partial charge in [0, 0.05) is 32.0 Å². The third-order valence-corrected chi connectivity index (χ3v) is 2.14. The summed E-state index contributed by atoms with van der Waals surface area (Å²) in [5.74, 6) is 0.0298. The summed E-state index contributed by atoms with van der Waals surface area (Å²) in [5, 5.41) is 0. The lowest BCUT2D eigenvalue weighted by Crippen LogP contribution is -2.11. The molecule has 0 atom stereocenters. The fourth-order valence-electron chi connectivity index (χ4n) is 1.22. The van der Waals surface area contributed by atoms with E-state index in [1.165, 1.54) is 0 Å². The number of ether oxygens (including phenoxy) is 1. The highest BCUT2D eigenvalue weighted by molar-refractivity contribution is 5.97. The highest BCUT2D eigenvalue weighted by Crippen LogP contribution is 2.12. The molecule has 0 aromatic heterocycles. The first kappa shape index (κ1) is 11.7. The highest BCUT2D eigenvalue weighted by atomic mass is 16.5. The number of ketones is 1. The molecule has 0 saturated heterocycles. The first-order chi connectivity index (χ1) is 7.15. The van der Waals surface area contributed by atoms with E-state index >= 15 is 0 Å². The number of benzene rings is 1. The molecule has 3 heteroatoms. The Morgan fingerprint density at radius 3 is 2.33 bits per heavy atom. The molecule has 0 amide bonds. The van der Waals surface area contributed by atoms with Crippen LogP contribution in [0.1, 0.15) is 17.3 Å². The van der Waals surface area contributed by atoms with Gasteiger partial charge in [-0.05, 0) is 31.2 Å². The molecule has 1 aromatic carbocycles. The zero-order valence-electron chi connectivity index (χ0n) is 9.49. The smallest absolute Gasteiger partial charge is 0.188 e. The van der Waals surface area contributed by atoms with Gasteiger partial charge in [-0.2, -0.15) is 0 Å². The van der Waals surface area contributed by atoms with Crippen molar-refractivity contribution in [3.8, 4) is 0 Å². The Labute approximate surface area is 90.7 Å². The van der Waals surface area contributed by atoms with Gasteiger partial charge in [-0.25, -0.2) is 0 Å².